The molecule has 0 radical (unpaired) electrons. The molecule has 0 heterocycles. The minimum absolute atomic E-state index is 0.0597. The van der Waals surface area contributed by atoms with Crippen molar-refractivity contribution in [3.63, 3.8) is 0 Å². The summed E-state index contributed by atoms with van der Waals surface area (Å²) >= 11 is 0. The van der Waals surface area contributed by atoms with Crippen molar-refractivity contribution in [2.75, 3.05) is 26.4 Å². The first-order valence-electron chi connectivity index (χ1n) is 30.8. The van der Waals surface area contributed by atoms with Gasteiger partial charge in [0.05, 0.1) is 26.2 Å². The maximum absolute atomic E-state index is 12.9. The zero-order valence-corrected chi connectivity index (χ0v) is 50.2. The second-order valence-electron chi connectivity index (χ2n) is 20.1. The summed E-state index contributed by atoms with van der Waals surface area (Å²) in [5.74, 6) is -1.62. The van der Waals surface area contributed by atoms with Gasteiger partial charge in [0, 0.05) is 12.8 Å². The number of unbranched alkanes of at least 4 members (excludes halogenated alkanes) is 22. The van der Waals surface area contributed by atoms with Crippen molar-refractivity contribution in [2.45, 2.75) is 264 Å². The monoisotopic (exact) mass is 1110 g/mol. The van der Waals surface area contributed by atoms with Crippen molar-refractivity contribution < 1.29 is 52.2 Å². The van der Waals surface area contributed by atoms with E-state index in [1.54, 1.807) is 6.08 Å². The predicted octanol–water partition coefficient (Wildman–Crippen LogP) is 18.6. The molecule has 0 aromatic carbocycles. The number of phosphoric ester groups is 1. The molecule has 0 aliphatic heterocycles. The maximum atomic E-state index is 12.9. The van der Waals surface area contributed by atoms with E-state index in [1.165, 1.54) is 89.9 Å². The Labute approximate surface area is 475 Å². The lowest BCUT2D eigenvalue weighted by Crippen LogP contribution is -2.30. The zero-order chi connectivity index (χ0) is 56.9. The van der Waals surface area contributed by atoms with Gasteiger partial charge in [0.15, 0.2) is 6.10 Å². The minimum atomic E-state index is -4.78. The van der Waals surface area contributed by atoms with Gasteiger partial charge in [-0.05, 0) is 103 Å². The molecule has 0 saturated carbocycles. The van der Waals surface area contributed by atoms with Crippen molar-refractivity contribution in [3.05, 3.63) is 109 Å². The number of allylic oxidation sites excluding steroid dienone is 17. The van der Waals surface area contributed by atoms with Crippen LogP contribution in [0.2, 0.25) is 0 Å². The van der Waals surface area contributed by atoms with E-state index in [2.05, 4.69) is 106 Å². The molecule has 12 heteroatoms. The highest BCUT2D eigenvalue weighted by Crippen LogP contribution is 2.43. The quantitative estimate of drug-likeness (QED) is 0.0197. The SMILES string of the molecule is CC/C=C\C/C=C\C/C=C\C/C=C\C/C=C\CC(=O)OC(CO)COP(=O)(O)OCC(COC(=O)CCCCCCCCCCC/C=C\CCCCCCCC)OC(=O)CCCCCCCCC/C=C\C/C=C\C/C=C\CC. The fourth-order valence-corrected chi connectivity index (χ4v) is 8.87. The summed E-state index contributed by atoms with van der Waals surface area (Å²) in [6.45, 7) is 4.31. The maximum Gasteiger partial charge on any atom is 0.472 e. The molecular weight excluding hydrogens is 1000 g/mol. The van der Waals surface area contributed by atoms with Gasteiger partial charge in [-0.3, -0.25) is 23.4 Å². The van der Waals surface area contributed by atoms with E-state index in [-0.39, 0.29) is 25.9 Å². The third-order valence-corrected chi connectivity index (χ3v) is 13.6. The number of aliphatic hydroxyl groups is 1. The van der Waals surface area contributed by atoms with E-state index in [4.69, 9.17) is 23.3 Å². The van der Waals surface area contributed by atoms with Gasteiger partial charge in [0.25, 0.3) is 0 Å². The molecule has 3 unspecified atom stereocenters. The van der Waals surface area contributed by atoms with E-state index in [0.29, 0.717) is 19.3 Å². The van der Waals surface area contributed by atoms with Gasteiger partial charge in [-0.1, -0.05) is 239 Å². The first-order valence-corrected chi connectivity index (χ1v) is 32.3. The van der Waals surface area contributed by atoms with E-state index >= 15 is 0 Å². The van der Waals surface area contributed by atoms with Crippen molar-refractivity contribution in [3.8, 4) is 0 Å². The molecule has 0 aromatic heterocycles. The molecule has 446 valence electrons. The fraction of sp³-hybridized carbons (Fsp3) is 0.682. The van der Waals surface area contributed by atoms with Crippen molar-refractivity contribution in [1.29, 1.82) is 0 Å². The van der Waals surface area contributed by atoms with Gasteiger partial charge < -0.3 is 24.2 Å². The molecular formula is C66H111O11P. The van der Waals surface area contributed by atoms with E-state index in [0.717, 1.165) is 103 Å². The summed E-state index contributed by atoms with van der Waals surface area (Å²) in [5.41, 5.74) is 0. The third-order valence-electron chi connectivity index (χ3n) is 12.7. The van der Waals surface area contributed by atoms with Crippen LogP contribution in [0.15, 0.2) is 109 Å². The van der Waals surface area contributed by atoms with Crippen LogP contribution in [-0.2, 0) is 42.2 Å². The van der Waals surface area contributed by atoms with Crippen LogP contribution in [0.5, 0.6) is 0 Å². The van der Waals surface area contributed by atoms with Gasteiger partial charge in [-0.2, -0.15) is 0 Å². The van der Waals surface area contributed by atoms with Gasteiger partial charge in [0.2, 0.25) is 0 Å². The van der Waals surface area contributed by atoms with Crippen LogP contribution in [-0.4, -0.2) is 66.5 Å². The first-order chi connectivity index (χ1) is 38.2. The Kier molecular flexibility index (Phi) is 56.3. The Balaban J connectivity index is 4.80. The van der Waals surface area contributed by atoms with E-state index < -0.39 is 57.8 Å². The van der Waals surface area contributed by atoms with Gasteiger partial charge in [-0.15, -0.1) is 0 Å². The van der Waals surface area contributed by atoms with Crippen LogP contribution in [0.25, 0.3) is 0 Å². The summed E-state index contributed by atoms with van der Waals surface area (Å²) in [6.07, 6.45) is 72.2. The Bertz CT molecular complexity index is 1720. The number of ether oxygens (including phenoxy) is 3. The van der Waals surface area contributed by atoms with Gasteiger partial charge >= 0.3 is 25.7 Å². The highest BCUT2D eigenvalue weighted by molar-refractivity contribution is 7.47. The molecule has 0 fully saturated rings. The highest BCUT2D eigenvalue weighted by Gasteiger charge is 2.28. The molecule has 0 aliphatic carbocycles. The molecule has 0 amide bonds. The first kappa shape index (κ1) is 74.1. The van der Waals surface area contributed by atoms with Gasteiger partial charge in [0.1, 0.15) is 12.7 Å². The Morgan fingerprint density at radius 1 is 0.385 bits per heavy atom. The van der Waals surface area contributed by atoms with Crippen molar-refractivity contribution >= 4 is 25.7 Å². The second kappa shape index (κ2) is 59.3. The lowest BCUT2D eigenvalue weighted by atomic mass is 10.1. The van der Waals surface area contributed by atoms with E-state index in [9.17, 15) is 28.9 Å². The third kappa shape index (κ3) is 56.8. The van der Waals surface area contributed by atoms with Crippen molar-refractivity contribution in [1.82, 2.24) is 0 Å². The summed E-state index contributed by atoms with van der Waals surface area (Å²) in [5, 5.41) is 9.81. The number of esters is 3. The largest absolute Gasteiger partial charge is 0.472 e. The molecule has 0 rings (SSSR count). The van der Waals surface area contributed by atoms with Crippen molar-refractivity contribution in [2.24, 2.45) is 0 Å². The molecule has 3 atom stereocenters. The van der Waals surface area contributed by atoms with Crippen LogP contribution in [0.3, 0.4) is 0 Å². The molecule has 0 aliphatic rings. The topological polar surface area (TPSA) is 155 Å². The highest BCUT2D eigenvalue weighted by atomic mass is 31.2. The average molecular weight is 1110 g/mol. The van der Waals surface area contributed by atoms with Crippen LogP contribution in [0.1, 0.15) is 252 Å². The number of carbonyl (C=O) groups excluding carboxylic acids is 3. The van der Waals surface area contributed by atoms with Crippen LogP contribution >= 0.6 is 7.82 Å². The van der Waals surface area contributed by atoms with Crippen LogP contribution in [0, 0.1) is 0 Å². The van der Waals surface area contributed by atoms with E-state index in [1.807, 2.05) is 18.2 Å². The molecule has 78 heavy (non-hydrogen) atoms. The number of hydrogen-bond donors (Lipinski definition) is 2. The number of rotatable bonds is 56. The summed E-state index contributed by atoms with van der Waals surface area (Å²) in [4.78, 5) is 48.6. The number of phosphoric acid groups is 1. The Hall–Kier alpha value is -3.86. The Morgan fingerprint density at radius 3 is 1.14 bits per heavy atom. The Morgan fingerprint density at radius 2 is 0.718 bits per heavy atom. The number of hydrogen-bond acceptors (Lipinski definition) is 10. The second-order valence-corrected chi connectivity index (χ2v) is 21.6. The number of aliphatic hydroxyl groups excluding tert-OH is 1. The van der Waals surface area contributed by atoms with Gasteiger partial charge in [-0.25, -0.2) is 4.57 Å². The average Bonchev–Trinajstić information content (AvgIpc) is 3.43. The molecule has 2 N–H and O–H groups in total. The predicted molar refractivity (Wildman–Crippen MR) is 325 cm³/mol. The summed E-state index contributed by atoms with van der Waals surface area (Å²) in [6, 6.07) is 0. The van der Waals surface area contributed by atoms with Crippen LogP contribution < -0.4 is 0 Å². The summed E-state index contributed by atoms with van der Waals surface area (Å²) in [7, 11) is -4.78. The smallest absolute Gasteiger partial charge is 0.462 e. The molecule has 0 saturated heterocycles. The summed E-state index contributed by atoms with van der Waals surface area (Å²) < 4.78 is 39.5. The molecule has 0 bridgehead atoms. The normalized spacial score (nSPS) is 14.1. The standard InChI is InChI=1S/C66H111O11P/c1-4-7-10-13-16-19-22-25-28-30-31-33-35-37-40-43-46-49-52-55-64(68)73-59-63(77-66(70)57-54-51-48-45-42-39-36-32-29-26-23-20-17-14-11-8-5-2)61-75-78(71,72)74-60-62(58-67)76-65(69)56-53-50-47-44-41-38-34-27-24-21-18-15-12-9-6-3/h8-9,11-12,17-18,20-21,25-29,34,41,44,50,53,62-63,67H,4-7,10,13-16,19,22-24,30-33,35-40,42-43,45-49,51-52,54-61H2,1-3H3,(H,71,72)/b11-8-,12-9-,20-17-,21-18-,28-25-,29-26-,34-27-,44-41-,53-50-. The number of carbonyl (C=O) groups is 3. The minimum Gasteiger partial charge on any atom is -0.462 e. The molecule has 11 nitrogen and oxygen atoms in total. The lowest BCUT2D eigenvalue weighted by molar-refractivity contribution is -0.161. The molecule has 0 spiro atoms. The fourth-order valence-electron chi connectivity index (χ4n) is 8.09. The zero-order valence-electron chi connectivity index (χ0n) is 49.3. The van der Waals surface area contributed by atoms with Crippen LogP contribution in [0.4, 0.5) is 0 Å². The lowest BCUT2D eigenvalue weighted by Gasteiger charge is -2.21. The molecule has 0 aromatic rings.